The number of likely N-dealkylation sites (tertiary alicyclic amines) is 1. The number of fused-ring (bicyclic) bond motifs is 5. The van der Waals surface area contributed by atoms with E-state index in [0.717, 1.165) is 38.3 Å². The molecule has 3 nitrogen and oxygen atoms in total. The van der Waals surface area contributed by atoms with Crippen LogP contribution in [0.4, 0.5) is 4.39 Å². The maximum atomic E-state index is 14.7. The number of benzene rings is 2. The number of hydrogen-bond donors (Lipinski definition) is 1. The van der Waals surface area contributed by atoms with Crippen LogP contribution >= 0.6 is 0 Å². The summed E-state index contributed by atoms with van der Waals surface area (Å²) in [7, 11) is 0. The Morgan fingerprint density at radius 2 is 1.86 bits per heavy atom. The molecule has 4 aliphatic rings. The highest BCUT2D eigenvalue weighted by Gasteiger charge is 2.54. The van der Waals surface area contributed by atoms with Gasteiger partial charge in [-0.25, -0.2) is 4.39 Å². The quantitative estimate of drug-likeness (QED) is 0.495. The molecule has 6 atom stereocenters. The smallest absolute Gasteiger partial charge is 0.251 e. The van der Waals surface area contributed by atoms with E-state index in [2.05, 4.69) is 30.0 Å². The molecule has 1 N–H and O–H groups in total. The topological polar surface area (TPSA) is 32.7 Å². The van der Waals surface area contributed by atoms with E-state index in [9.17, 15) is 9.50 Å². The molecule has 0 radical (unpaired) electrons. The second-order valence-corrected chi connectivity index (χ2v) is 12.0. The molecule has 1 heterocycles. The van der Waals surface area contributed by atoms with E-state index in [1.54, 1.807) is 0 Å². The van der Waals surface area contributed by atoms with Gasteiger partial charge in [-0.3, -0.25) is 4.90 Å². The van der Waals surface area contributed by atoms with E-state index < -0.39 is 6.36 Å². The predicted octanol–water partition coefficient (Wildman–Crippen LogP) is 7.19. The van der Waals surface area contributed by atoms with Crippen LogP contribution in [0, 0.1) is 17.3 Å². The molecular weight excluding hydrogens is 437 g/mol. The Bertz CT molecular complexity index is 1030. The molecule has 3 fully saturated rings. The first-order chi connectivity index (χ1) is 17.0. The van der Waals surface area contributed by atoms with Gasteiger partial charge in [-0.15, -0.1) is 0 Å². The second kappa shape index (κ2) is 9.42. The van der Waals surface area contributed by atoms with E-state index >= 15 is 0 Å². The summed E-state index contributed by atoms with van der Waals surface area (Å²) < 4.78 is 20.3. The largest absolute Gasteiger partial charge is 0.508 e. The number of aromatic hydroxyl groups is 1. The third-order valence-corrected chi connectivity index (χ3v) is 9.91. The summed E-state index contributed by atoms with van der Waals surface area (Å²) in [5, 5.41) is 10.1. The molecule has 3 aliphatic carbocycles. The van der Waals surface area contributed by atoms with Crippen molar-refractivity contribution in [3.8, 4) is 11.5 Å². The van der Waals surface area contributed by atoms with Gasteiger partial charge in [-0.1, -0.05) is 38.0 Å². The van der Waals surface area contributed by atoms with E-state index in [0.29, 0.717) is 41.2 Å². The summed E-state index contributed by atoms with van der Waals surface area (Å²) in [6.07, 6.45) is 9.84. The van der Waals surface area contributed by atoms with E-state index in [-0.39, 0.29) is 0 Å². The molecule has 2 aromatic rings. The number of nitrogens with zero attached hydrogens (tertiary/aromatic N) is 1. The molecule has 0 spiro atoms. The molecule has 1 saturated heterocycles. The standard InChI is InChI=1S/C31H40FNO2/c1-31-15-5-6-28(31)26-13-9-22-18-23(34)10-14-25(22)30(26)27(19-31)21-7-11-24(12-8-21)35-29(32)20-33-16-3-2-4-17-33/h7-8,10-12,14,18,26-30,34H,2-6,9,13,15-17,19-20H2,1H3/t26-,27+,28-,29?,30+,31-/m0/s1. The van der Waals surface area contributed by atoms with Crippen LogP contribution in [0.5, 0.6) is 11.5 Å². The van der Waals surface area contributed by atoms with E-state index in [1.165, 1.54) is 55.2 Å². The minimum absolute atomic E-state index is 0.359. The number of halogens is 1. The fourth-order valence-electron chi connectivity index (χ4n) is 8.35. The van der Waals surface area contributed by atoms with Crippen molar-refractivity contribution in [1.29, 1.82) is 0 Å². The van der Waals surface area contributed by atoms with Crippen LogP contribution in [0.1, 0.15) is 86.8 Å². The minimum Gasteiger partial charge on any atom is -0.508 e. The van der Waals surface area contributed by atoms with Crippen molar-refractivity contribution >= 4 is 0 Å². The van der Waals surface area contributed by atoms with Gasteiger partial charge in [-0.05, 0) is 128 Å². The summed E-state index contributed by atoms with van der Waals surface area (Å²) in [6, 6.07) is 14.4. The highest BCUT2D eigenvalue weighted by molar-refractivity contribution is 5.43. The van der Waals surface area contributed by atoms with Crippen molar-refractivity contribution in [2.24, 2.45) is 17.3 Å². The van der Waals surface area contributed by atoms with Gasteiger partial charge in [-0.2, -0.15) is 0 Å². The van der Waals surface area contributed by atoms with Crippen molar-refractivity contribution in [2.75, 3.05) is 19.6 Å². The maximum absolute atomic E-state index is 14.7. The van der Waals surface area contributed by atoms with Crippen LogP contribution in [0.15, 0.2) is 42.5 Å². The third kappa shape index (κ3) is 4.48. The van der Waals surface area contributed by atoms with E-state index in [4.69, 9.17) is 4.74 Å². The Balaban J connectivity index is 1.24. The Morgan fingerprint density at radius 3 is 2.66 bits per heavy atom. The number of ether oxygens (including phenoxy) is 1. The van der Waals surface area contributed by atoms with Crippen LogP contribution < -0.4 is 4.74 Å². The number of hydrogen-bond acceptors (Lipinski definition) is 3. The first-order valence-corrected chi connectivity index (χ1v) is 13.9. The number of rotatable bonds is 5. The normalized spacial score (nSPS) is 33.4. The number of phenolic OH excluding ortho intramolecular Hbond substituents is 1. The molecule has 188 valence electrons. The van der Waals surface area contributed by atoms with Gasteiger partial charge in [0.15, 0.2) is 0 Å². The maximum Gasteiger partial charge on any atom is 0.251 e. The fourth-order valence-corrected chi connectivity index (χ4v) is 8.35. The van der Waals surface area contributed by atoms with Gasteiger partial charge in [0.2, 0.25) is 0 Å². The van der Waals surface area contributed by atoms with Gasteiger partial charge < -0.3 is 9.84 Å². The summed E-state index contributed by atoms with van der Waals surface area (Å²) in [5.74, 6) is 3.46. The molecule has 2 saturated carbocycles. The van der Waals surface area contributed by atoms with Crippen molar-refractivity contribution in [2.45, 2.75) is 82.9 Å². The minimum atomic E-state index is -1.28. The Morgan fingerprint density at radius 1 is 1.06 bits per heavy atom. The number of phenols is 1. The lowest BCUT2D eigenvalue weighted by molar-refractivity contribution is 0.0245. The van der Waals surface area contributed by atoms with Crippen molar-refractivity contribution in [3.63, 3.8) is 0 Å². The summed E-state index contributed by atoms with van der Waals surface area (Å²) in [5.41, 5.74) is 4.54. The molecular formula is C31H40FNO2. The molecule has 35 heavy (non-hydrogen) atoms. The SMILES string of the molecule is C[C@@]12CCC[C@H]1[C@@H]1CCc3cc(O)ccc3[C@H]1[C@@H](c1ccc(OC(F)CN3CCCCC3)cc1)C2. The lowest BCUT2D eigenvalue weighted by atomic mass is 9.51. The summed E-state index contributed by atoms with van der Waals surface area (Å²) >= 11 is 0. The van der Waals surface area contributed by atoms with Crippen molar-refractivity contribution in [1.82, 2.24) is 4.90 Å². The van der Waals surface area contributed by atoms with E-state index in [1.807, 2.05) is 24.3 Å². The molecule has 6 rings (SSSR count). The highest BCUT2D eigenvalue weighted by atomic mass is 19.1. The van der Waals surface area contributed by atoms with Crippen molar-refractivity contribution < 1.29 is 14.2 Å². The van der Waals surface area contributed by atoms with Gasteiger partial charge >= 0.3 is 0 Å². The summed E-state index contributed by atoms with van der Waals surface area (Å²) in [6.45, 7) is 4.85. The monoisotopic (exact) mass is 477 g/mol. The number of piperidine rings is 1. The van der Waals surface area contributed by atoms with Gasteiger partial charge in [0.05, 0.1) is 6.54 Å². The van der Waals surface area contributed by atoms with Crippen LogP contribution in [0.25, 0.3) is 0 Å². The Hall–Kier alpha value is -2.07. The molecule has 2 aromatic carbocycles. The predicted molar refractivity (Wildman–Crippen MR) is 138 cm³/mol. The number of aryl methyl sites for hydroxylation is 1. The van der Waals surface area contributed by atoms with Crippen LogP contribution in [0.3, 0.4) is 0 Å². The summed E-state index contributed by atoms with van der Waals surface area (Å²) in [4.78, 5) is 2.18. The Labute approximate surface area is 209 Å². The lowest BCUT2D eigenvalue weighted by Crippen LogP contribution is -2.43. The van der Waals surface area contributed by atoms with Gasteiger partial charge in [0.1, 0.15) is 11.5 Å². The Kier molecular flexibility index (Phi) is 6.28. The first-order valence-electron chi connectivity index (χ1n) is 13.9. The molecule has 4 heteroatoms. The number of alkyl halides is 1. The van der Waals surface area contributed by atoms with Gasteiger partial charge in [0, 0.05) is 0 Å². The second-order valence-electron chi connectivity index (χ2n) is 12.0. The first kappa shape index (κ1) is 23.3. The van der Waals surface area contributed by atoms with Gasteiger partial charge in [0.25, 0.3) is 6.36 Å². The average molecular weight is 478 g/mol. The average Bonchev–Trinajstić information content (AvgIpc) is 3.26. The zero-order chi connectivity index (χ0) is 24.0. The zero-order valence-electron chi connectivity index (χ0n) is 21.1. The van der Waals surface area contributed by atoms with Crippen LogP contribution in [-0.2, 0) is 6.42 Å². The molecule has 0 aromatic heterocycles. The fraction of sp³-hybridized carbons (Fsp3) is 0.613. The molecule has 0 amide bonds. The van der Waals surface area contributed by atoms with Crippen LogP contribution in [-0.4, -0.2) is 36.0 Å². The molecule has 0 bridgehead atoms. The van der Waals surface area contributed by atoms with Crippen molar-refractivity contribution in [3.05, 3.63) is 59.2 Å². The zero-order valence-corrected chi connectivity index (χ0v) is 21.1. The van der Waals surface area contributed by atoms with Crippen LogP contribution in [0.2, 0.25) is 0 Å². The highest BCUT2D eigenvalue weighted by Crippen LogP contribution is 2.65. The molecule has 1 aliphatic heterocycles. The molecule has 1 unspecified atom stereocenters. The third-order valence-electron chi connectivity index (χ3n) is 9.91. The lowest BCUT2D eigenvalue weighted by Gasteiger charge is -2.53.